The smallest absolute Gasteiger partial charge is 0.0864 e. The van der Waals surface area contributed by atoms with E-state index in [1.165, 1.54) is 18.7 Å². The van der Waals surface area contributed by atoms with Crippen molar-refractivity contribution >= 4 is 5.69 Å². The Hall–Kier alpha value is -1.02. The zero-order valence-electron chi connectivity index (χ0n) is 10.5. The average molecular weight is 219 g/mol. The zero-order valence-corrected chi connectivity index (χ0v) is 10.5. The number of anilines is 1. The number of piperidine rings is 1. The van der Waals surface area contributed by atoms with Gasteiger partial charge in [-0.2, -0.15) is 0 Å². The van der Waals surface area contributed by atoms with Crippen LogP contribution >= 0.6 is 0 Å². The molecule has 2 rings (SSSR count). The molecule has 2 heteroatoms. The lowest BCUT2D eigenvalue weighted by Crippen LogP contribution is -3.14. The highest BCUT2D eigenvalue weighted by molar-refractivity contribution is 5.43. The van der Waals surface area contributed by atoms with E-state index in [-0.39, 0.29) is 0 Å². The summed E-state index contributed by atoms with van der Waals surface area (Å²) >= 11 is 0. The Morgan fingerprint density at radius 3 is 2.56 bits per heavy atom. The van der Waals surface area contributed by atoms with Gasteiger partial charge in [-0.1, -0.05) is 25.1 Å². The first-order valence-electron chi connectivity index (χ1n) is 6.30. The molecule has 1 aliphatic heterocycles. The molecule has 0 aromatic heterocycles. The van der Waals surface area contributed by atoms with Crippen LogP contribution in [-0.4, -0.2) is 25.7 Å². The van der Waals surface area contributed by atoms with E-state index in [2.05, 4.69) is 56.5 Å². The van der Waals surface area contributed by atoms with Crippen molar-refractivity contribution in [3.05, 3.63) is 30.3 Å². The normalized spacial score (nSPS) is 34.7. The van der Waals surface area contributed by atoms with Gasteiger partial charge in [0.2, 0.25) is 0 Å². The standard InChI is InChI=1S/C14H22N2/c1-11-10-16(3)12(2)9-14(11)15-13-7-5-4-6-8-13/h4-8,11-12,14-15H,9-10H2,1-3H3/p+1/t11-,12+,14+/m1/s1. The predicted octanol–water partition coefficient (Wildman–Crippen LogP) is 1.41. The molecule has 2 N–H and O–H groups in total. The van der Waals surface area contributed by atoms with Crippen molar-refractivity contribution in [2.45, 2.75) is 32.4 Å². The number of hydrogen-bond donors (Lipinski definition) is 2. The summed E-state index contributed by atoms with van der Waals surface area (Å²) in [5.41, 5.74) is 1.26. The molecule has 88 valence electrons. The molecule has 1 fully saturated rings. The van der Waals surface area contributed by atoms with Crippen LogP contribution < -0.4 is 10.2 Å². The highest BCUT2D eigenvalue weighted by atomic mass is 15.2. The maximum Gasteiger partial charge on any atom is 0.0864 e. The molecule has 0 saturated carbocycles. The van der Waals surface area contributed by atoms with Crippen LogP contribution in [0.1, 0.15) is 20.3 Å². The first kappa shape index (κ1) is 11.5. The fraction of sp³-hybridized carbons (Fsp3) is 0.571. The van der Waals surface area contributed by atoms with E-state index in [0.29, 0.717) is 6.04 Å². The van der Waals surface area contributed by atoms with Crippen molar-refractivity contribution in [1.29, 1.82) is 0 Å². The van der Waals surface area contributed by atoms with Crippen LogP contribution in [0.5, 0.6) is 0 Å². The molecule has 0 radical (unpaired) electrons. The number of quaternary nitrogens is 1. The van der Waals surface area contributed by atoms with Crippen LogP contribution in [0.15, 0.2) is 30.3 Å². The second-order valence-electron chi connectivity index (χ2n) is 5.28. The third-order valence-corrected chi connectivity index (χ3v) is 3.91. The van der Waals surface area contributed by atoms with Gasteiger partial charge in [0, 0.05) is 24.1 Å². The second kappa shape index (κ2) is 4.88. The van der Waals surface area contributed by atoms with Gasteiger partial charge in [-0.05, 0) is 19.1 Å². The van der Waals surface area contributed by atoms with Gasteiger partial charge in [0.25, 0.3) is 0 Å². The monoisotopic (exact) mass is 219 g/mol. The van der Waals surface area contributed by atoms with E-state index in [0.717, 1.165) is 12.0 Å². The molecule has 2 nitrogen and oxygen atoms in total. The van der Waals surface area contributed by atoms with Crippen LogP contribution in [0, 0.1) is 5.92 Å². The van der Waals surface area contributed by atoms with Crippen LogP contribution in [0.25, 0.3) is 0 Å². The quantitative estimate of drug-likeness (QED) is 0.769. The maximum absolute atomic E-state index is 3.67. The van der Waals surface area contributed by atoms with E-state index in [1.54, 1.807) is 4.90 Å². The fourth-order valence-corrected chi connectivity index (χ4v) is 2.62. The van der Waals surface area contributed by atoms with Crippen molar-refractivity contribution in [3.8, 4) is 0 Å². The van der Waals surface area contributed by atoms with Crippen LogP contribution in [-0.2, 0) is 0 Å². The molecule has 0 spiro atoms. The Balaban J connectivity index is 2.00. The molecule has 0 bridgehead atoms. The van der Waals surface area contributed by atoms with Crippen molar-refractivity contribution in [1.82, 2.24) is 0 Å². The molecule has 1 saturated heterocycles. The van der Waals surface area contributed by atoms with Gasteiger partial charge in [0.1, 0.15) is 0 Å². The SMILES string of the molecule is C[C@@H]1C[NH+](C)[C@@H](C)C[C@@H]1Nc1ccccc1. The lowest BCUT2D eigenvalue weighted by Gasteiger charge is -2.37. The van der Waals surface area contributed by atoms with E-state index < -0.39 is 0 Å². The van der Waals surface area contributed by atoms with E-state index in [4.69, 9.17) is 0 Å². The highest BCUT2D eigenvalue weighted by Gasteiger charge is 2.31. The predicted molar refractivity (Wildman–Crippen MR) is 68.8 cm³/mol. The number of likely N-dealkylation sites (tertiary alicyclic amines) is 1. The van der Waals surface area contributed by atoms with Gasteiger partial charge < -0.3 is 10.2 Å². The fourth-order valence-electron chi connectivity index (χ4n) is 2.62. The Bertz CT molecular complexity index is 323. The summed E-state index contributed by atoms with van der Waals surface area (Å²) in [6.07, 6.45) is 1.27. The van der Waals surface area contributed by atoms with Crippen molar-refractivity contribution in [3.63, 3.8) is 0 Å². The number of para-hydroxylation sites is 1. The Morgan fingerprint density at radius 1 is 1.19 bits per heavy atom. The summed E-state index contributed by atoms with van der Waals surface area (Å²) < 4.78 is 0. The Kier molecular flexibility index (Phi) is 3.49. The molecule has 1 aliphatic rings. The first-order chi connectivity index (χ1) is 7.66. The van der Waals surface area contributed by atoms with Crippen molar-refractivity contribution in [2.24, 2.45) is 5.92 Å². The van der Waals surface area contributed by atoms with Gasteiger partial charge in [-0.3, -0.25) is 0 Å². The number of nitrogens with one attached hydrogen (secondary N) is 2. The van der Waals surface area contributed by atoms with Gasteiger partial charge in [-0.25, -0.2) is 0 Å². The minimum absolute atomic E-state index is 0.626. The average Bonchev–Trinajstić information content (AvgIpc) is 2.27. The summed E-state index contributed by atoms with van der Waals surface area (Å²) in [6.45, 7) is 5.97. The Morgan fingerprint density at radius 2 is 1.88 bits per heavy atom. The van der Waals surface area contributed by atoms with E-state index >= 15 is 0 Å². The molecule has 0 aliphatic carbocycles. The van der Waals surface area contributed by atoms with Crippen LogP contribution in [0.4, 0.5) is 5.69 Å². The van der Waals surface area contributed by atoms with Crippen LogP contribution in [0.3, 0.4) is 0 Å². The molecule has 1 heterocycles. The maximum atomic E-state index is 3.67. The molecule has 1 aromatic carbocycles. The topological polar surface area (TPSA) is 16.5 Å². The molecular weight excluding hydrogens is 196 g/mol. The van der Waals surface area contributed by atoms with Crippen molar-refractivity contribution in [2.75, 3.05) is 18.9 Å². The number of benzene rings is 1. The largest absolute Gasteiger partial charge is 0.382 e. The van der Waals surface area contributed by atoms with Gasteiger partial charge in [-0.15, -0.1) is 0 Å². The summed E-state index contributed by atoms with van der Waals surface area (Å²) in [5, 5.41) is 3.67. The summed E-state index contributed by atoms with van der Waals surface area (Å²) in [6, 6.07) is 12.0. The number of rotatable bonds is 2. The molecule has 1 unspecified atom stereocenters. The third-order valence-electron chi connectivity index (χ3n) is 3.91. The second-order valence-corrected chi connectivity index (χ2v) is 5.28. The highest BCUT2D eigenvalue weighted by Crippen LogP contribution is 2.17. The molecule has 16 heavy (non-hydrogen) atoms. The summed E-state index contributed by atoms with van der Waals surface area (Å²) in [7, 11) is 2.31. The lowest BCUT2D eigenvalue weighted by molar-refractivity contribution is -0.913. The van der Waals surface area contributed by atoms with E-state index in [9.17, 15) is 0 Å². The summed E-state index contributed by atoms with van der Waals surface area (Å²) in [5.74, 6) is 0.747. The number of hydrogen-bond acceptors (Lipinski definition) is 1. The van der Waals surface area contributed by atoms with Crippen LogP contribution in [0.2, 0.25) is 0 Å². The Labute approximate surface area is 98.7 Å². The minimum atomic E-state index is 0.626. The van der Waals surface area contributed by atoms with Gasteiger partial charge >= 0.3 is 0 Å². The molecule has 4 atom stereocenters. The van der Waals surface area contributed by atoms with Crippen molar-refractivity contribution < 1.29 is 4.90 Å². The third kappa shape index (κ3) is 2.56. The molecule has 1 aromatic rings. The first-order valence-corrected chi connectivity index (χ1v) is 6.30. The van der Waals surface area contributed by atoms with Gasteiger partial charge in [0.15, 0.2) is 0 Å². The minimum Gasteiger partial charge on any atom is -0.382 e. The molecular formula is C14H23N2+. The van der Waals surface area contributed by atoms with E-state index in [1.807, 2.05) is 0 Å². The van der Waals surface area contributed by atoms with Gasteiger partial charge in [0.05, 0.1) is 19.6 Å². The summed E-state index contributed by atoms with van der Waals surface area (Å²) in [4.78, 5) is 1.67. The zero-order chi connectivity index (χ0) is 11.5. The molecule has 0 amide bonds. The lowest BCUT2D eigenvalue weighted by atomic mass is 9.89.